The molecule has 3 heterocycles. The Morgan fingerprint density at radius 3 is 3.04 bits per heavy atom. The van der Waals surface area contributed by atoms with E-state index < -0.39 is 0 Å². The predicted octanol–water partition coefficient (Wildman–Crippen LogP) is 2.39. The molecule has 0 amide bonds. The van der Waals surface area contributed by atoms with Gasteiger partial charge in [0, 0.05) is 30.6 Å². The van der Waals surface area contributed by atoms with Crippen LogP contribution < -0.4 is 10.1 Å². The standard InChI is InChI=1S/C17H22N4O2/c1-3-13-12(2)10-19-17(20-13)21-14-11-22-9-7-15(14)23-16-6-4-5-8-18-16/h4-6,8,10,14-15H,3,7,9,11H2,1-2H3,(H,19,20,21)/t14-,15-/m1/s1. The fraction of sp³-hybridized carbons (Fsp3) is 0.471. The Balaban J connectivity index is 1.71. The minimum Gasteiger partial charge on any atom is -0.472 e. The summed E-state index contributed by atoms with van der Waals surface area (Å²) in [6.07, 6.45) is 5.26. The molecule has 0 saturated carbocycles. The van der Waals surface area contributed by atoms with E-state index in [1.54, 1.807) is 6.20 Å². The molecule has 0 spiro atoms. The summed E-state index contributed by atoms with van der Waals surface area (Å²) in [5.74, 6) is 1.25. The Bertz CT molecular complexity index is 636. The van der Waals surface area contributed by atoms with Gasteiger partial charge in [-0.1, -0.05) is 13.0 Å². The zero-order valence-corrected chi connectivity index (χ0v) is 13.5. The van der Waals surface area contributed by atoms with Crippen molar-refractivity contribution in [2.24, 2.45) is 0 Å². The van der Waals surface area contributed by atoms with E-state index in [2.05, 4.69) is 27.2 Å². The summed E-state index contributed by atoms with van der Waals surface area (Å²) in [5.41, 5.74) is 2.17. The molecular weight excluding hydrogens is 292 g/mol. The molecule has 2 aromatic rings. The number of pyridine rings is 1. The molecule has 1 aliphatic heterocycles. The monoisotopic (exact) mass is 314 g/mol. The van der Waals surface area contributed by atoms with Crippen LogP contribution in [-0.2, 0) is 11.2 Å². The van der Waals surface area contributed by atoms with Gasteiger partial charge in [0.05, 0.1) is 19.3 Å². The van der Waals surface area contributed by atoms with Crippen molar-refractivity contribution < 1.29 is 9.47 Å². The Morgan fingerprint density at radius 1 is 1.35 bits per heavy atom. The van der Waals surface area contributed by atoms with Gasteiger partial charge in [0.25, 0.3) is 0 Å². The van der Waals surface area contributed by atoms with Crippen LogP contribution in [-0.4, -0.2) is 40.3 Å². The predicted molar refractivity (Wildman–Crippen MR) is 87.6 cm³/mol. The number of nitrogens with one attached hydrogen (secondary N) is 1. The molecule has 122 valence electrons. The molecule has 3 rings (SSSR count). The van der Waals surface area contributed by atoms with Crippen LogP contribution in [0.4, 0.5) is 5.95 Å². The van der Waals surface area contributed by atoms with Crippen LogP contribution >= 0.6 is 0 Å². The number of anilines is 1. The van der Waals surface area contributed by atoms with Gasteiger partial charge in [-0.2, -0.15) is 0 Å². The van der Waals surface area contributed by atoms with E-state index in [4.69, 9.17) is 9.47 Å². The second kappa shape index (κ2) is 7.37. The Labute approximate surface area is 136 Å². The number of ether oxygens (including phenoxy) is 2. The zero-order chi connectivity index (χ0) is 16.1. The topological polar surface area (TPSA) is 69.2 Å². The van der Waals surface area contributed by atoms with E-state index in [0.717, 1.165) is 24.1 Å². The van der Waals surface area contributed by atoms with Crippen molar-refractivity contribution in [2.45, 2.75) is 38.8 Å². The highest BCUT2D eigenvalue weighted by atomic mass is 16.5. The highest BCUT2D eigenvalue weighted by Crippen LogP contribution is 2.18. The molecular formula is C17H22N4O2. The Hall–Kier alpha value is -2.21. The second-order valence-corrected chi connectivity index (χ2v) is 5.62. The average molecular weight is 314 g/mol. The molecule has 2 atom stereocenters. The number of hydrogen-bond donors (Lipinski definition) is 1. The first-order valence-electron chi connectivity index (χ1n) is 8.00. The first-order chi connectivity index (χ1) is 11.3. The third-order valence-electron chi connectivity index (χ3n) is 3.93. The molecule has 6 heteroatoms. The summed E-state index contributed by atoms with van der Waals surface area (Å²) in [4.78, 5) is 13.2. The van der Waals surface area contributed by atoms with Crippen LogP contribution in [0.2, 0.25) is 0 Å². The van der Waals surface area contributed by atoms with E-state index in [9.17, 15) is 0 Å². The smallest absolute Gasteiger partial charge is 0.223 e. The maximum atomic E-state index is 6.01. The van der Waals surface area contributed by atoms with Crippen molar-refractivity contribution >= 4 is 5.95 Å². The molecule has 0 unspecified atom stereocenters. The molecule has 1 fully saturated rings. The normalized spacial score (nSPS) is 21.0. The minimum atomic E-state index is -0.0198. The van der Waals surface area contributed by atoms with Crippen LogP contribution in [0.25, 0.3) is 0 Å². The lowest BCUT2D eigenvalue weighted by Crippen LogP contribution is -2.46. The van der Waals surface area contributed by atoms with E-state index in [1.165, 1.54) is 0 Å². The van der Waals surface area contributed by atoms with Gasteiger partial charge in [0.2, 0.25) is 11.8 Å². The van der Waals surface area contributed by atoms with Crippen LogP contribution in [0.15, 0.2) is 30.6 Å². The summed E-state index contributed by atoms with van der Waals surface area (Å²) >= 11 is 0. The van der Waals surface area contributed by atoms with Crippen molar-refractivity contribution in [3.63, 3.8) is 0 Å². The van der Waals surface area contributed by atoms with Gasteiger partial charge >= 0.3 is 0 Å². The largest absolute Gasteiger partial charge is 0.472 e. The summed E-state index contributed by atoms with van der Waals surface area (Å²) in [6, 6.07) is 5.65. The molecule has 1 N–H and O–H groups in total. The van der Waals surface area contributed by atoms with Crippen molar-refractivity contribution in [2.75, 3.05) is 18.5 Å². The van der Waals surface area contributed by atoms with E-state index in [1.807, 2.05) is 31.3 Å². The molecule has 2 aromatic heterocycles. The van der Waals surface area contributed by atoms with Crippen LogP contribution in [0.3, 0.4) is 0 Å². The van der Waals surface area contributed by atoms with Crippen molar-refractivity contribution in [1.82, 2.24) is 15.0 Å². The number of nitrogens with zero attached hydrogens (tertiary/aromatic N) is 3. The Morgan fingerprint density at radius 2 is 2.26 bits per heavy atom. The SMILES string of the molecule is CCc1nc(N[C@@H]2COCC[C@H]2Oc2ccccn2)ncc1C. The fourth-order valence-corrected chi connectivity index (χ4v) is 2.64. The first kappa shape index (κ1) is 15.7. The third kappa shape index (κ3) is 3.96. The molecule has 0 aromatic carbocycles. The lowest BCUT2D eigenvalue weighted by Gasteiger charge is -2.32. The van der Waals surface area contributed by atoms with Crippen LogP contribution in [0.1, 0.15) is 24.6 Å². The summed E-state index contributed by atoms with van der Waals surface area (Å²) in [5, 5.41) is 3.35. The number of rotatable bonds is 5. The van der Waals surface area contributed by atoms with Gasteiger partial charge < -0.3 is 14.8 Å². The highest BCUT2D eigenvalue weighted by molar-refractivity contribution is 5.31. The molecule has 1 saturated heterocycles. The van der Waals surface area contributed by atoms with E-state index >= 15 is 0 Å². The first-order valence-corrected chi connectivity index (χ1v) is 8.00. The van der Waals surface area contributed by atoms with Gasteiger partial charge in [-0.15, -0.1) is 0 Å². The number of hydrogen-bond acceptors (Lipinski definition) is 6. The lowest BCUT2D eigenvalue weighted by molar-refractivity contribution is 0.0128. The maximum absolute atomic E-state index is 6.01. The van der Waals surface area contributed by atoms with Crippen molar-refractivity contribution in [3.8, 4) is 5.88 Å². The summed E-state index contributed by atoms with van der Waals surface area (Å²) in [7, 11) is 0. The van der Waals surface area contributed by atoms with E-state index in [-0.39, 0.29) is 12.1 Å². The van der Waals surface area contributed by atoms with Gasteiger partial charge in [-0.05, 0) is 25.0 Å². The molecule has 1 aliphatic rings. The molecule has 6 nitrogen and oxygen atoms in total. The van der Waals surface area contributed by atoms with E-state index in [0.29, 0.717) is 25.0 Å². The second-order valence-electron chi connectivity index (χ2n) is 5.62. The number of aryl methyl sites for hydroxylation is 2. The maximum Gasteiger partial charge on any atom is 0.223 e. The average Bonchev–Trinajstić information content (AvgIpc) is 2.59. The van der Waals surface area contributed by atoms with Gasteiger partial charge in [0.15, 0.2) is 0 Å². The third-order valence-corrected chi connectivity index (χ3v) is 3.93. The van der Waals surface area contributed by atoms with Crippen LogP contribution in [0, 0.1) is 6.92 Å². The molecule has 0 aliphatic carbocycles. The number of aromatic nitrogens is 3. The lowest BCUT2D eigenvalue weighted by atomic mass is 10.1. The summed E-state index contributed by atoms with van der Waals surface area (Å²) in [6.45, 7) is 5.37. The van der Waals surface area contributed by atoms with Gasteiger partial charge in [0.1, 0.15) is 6.10 Å². The quantitative estimate of drug-likeness (QED) is 0.914. The van der Waals surface area contributed by atoms with Crippen LogP contribution in [0.5, 0.6) is 5.88 Å². The minimum absolute atomic E-state index is 0.00170. The summed E-state index contributed by atoms with van der Waals surface area (Å²) < 4.78 is 11.6. The zero-order valence-electron chi connectivity index (χ0n) is 13.5. The van der Waals surface area contributed by atoms with Crippen molar-refractivity contribution in [3.05, 3.63) is 41.9 Å². The molecule has 23 heavy (non-hydrogen) atoms. The fourth-order valence-electron chi connectivity index (χ4n) is 2.64. The highest BCUT2D eigenvalue weighted by Gasteiger charge is 2.28. The van der Waals surface area contributed by atoms with Gasteiger partial charge in [-0.25, -0.2) is 15.0 Å². The molecule has 0 radical (unpaired) electrons. The Kier molecular flexibility index (Phi) is 5.02. The molecule has 0 bridgehead atoms. The van der Waals surface area contributed by atoms with Crippen molar-refractivity contribution in [1.29, 1.82) is 0 Å². The van der Waals surface area contributed by atoms with Gasteiger partial charge in [-0.3, -0.25) is 0 Å².